The van der Waals surface area contributed by atoms with Crippen LogP contribution in [0.15, 0.2) is 11.1 Å². The number of hydrogen-bond acceptors (Lipinski definition) is 2. The van der Waals surface area contributed by atoms with Gasteiger partial charge in [0.2, 0.25) is 0 Å². The molecule has 0 radical (unpaired) electrons. The number of halogens is 1. The van der Waals surface area contributed by atoms with Gasteiger partial charge in [-0.2, -0.15) is 5.10 Å². The van der Waals surface area contributed by atoms with Crippen LogP contribution in [-0.4, -0.2) is 16.2 Å². The predicted molar refractivity (Wildman–Crippen MR) is 53.2 cm³/mol. The van der Waals surface area contributed by atoms with Crippen molar-refractivity contribution in [2.75, 3.05) is 0 Å². The van der Waals surface area contributed by atoms with E-state index in [0.29, 0.717) is 6.54 Å². The molecule has 0 fully saturated rings. The van der Waals surface area contributed by atoms with Gasteiger partial charge < -0.3 is 11.5 Å². The molecule has 0 aromatic carbocycles. The SMILES string of the molecule is Br.Cc1cc(CN=C(N)N)n[nH]1. The molecule has 5 nitrogen and oxygen atoms in total. The molecule has 0 spiro atoms. The fourth-order valence-corrected chi connectivity index (χ4v) is 0.728. The second-order valence-electron chi connectivity index (χ2n) is 2.28. The number of aliphatic imine (C=N–C) groups is 1. The number of aryl methyl sites for hydroxylation is 1. The Balaban J connectivity index is 0.00000121. The van der Waals surface area contributed by atoms with E-state index >= 15 is 0 Å². The zero-order chi connectivity index (χ0) is 8.27. The molecule has 0 aliphatic rings. The van der Waals surface area contributed by atoms with Crippen molar-refractivity contribution >= 4 is 22.9 Å². The van der Waals surface area contributed by atoms with Crippen molar-refractivity contribution in [3.8, 4) is 0 Å². The van der Waals surface area contributed by atoms with Gasteiger partial charge in [0.15, 0.2) is 5.96 Å². The number of nitrogens with zero attached hydrogens (tertiary/aromatic N) is 2. The summed E-state index contributed by atoms with van der Waals surface area (Å²) in [5.41, 5.74) is 12.1. The predicted octanol–water partition coefficient (Wildman–Crippen LogP) is 0.0694. The van der Waals surface area contributed by atoms with E-state index in [1.807, 2.05) is 13.0 Å². The zero-order valence-corrected chi connectivity index (χ0v) is 8.45. The first kappa shape index (κ1) is 11.0. The van der Waals surface area contributed by atoms with Gasteiger partial charge in [0.05, 0.1) is 12.2 Å². The molecule has 1 aromatic heterocycles. The average Bonchev–Trinajstić information content (AvgIpc) is 2.31. The van der Waals surface area contributed by atoms with E-state index in [2.05, 4.69) is 15.2 Å². The first-order valence-electron chi connectivity index (χ1n) is 3.25. The Hall–Kier alpha value is -1.04. The fourth-order valence-electron chi connectivity index (χ4n) is 0.728. The molecule has 1 rings (SSSR count). The van der Waals surface area contributed by atoms with E-state index in [4.69, 9.17) is 11.5 Å². The molecule has 1 heterocycles. The molecule has 68 valence electrons. The van der Waals surface area contributed by atoms with Gasteiger partial charge in [-0.3, -0.25) is 5.10 Å². The lowest BCUT2D eigenvalue weighted by molar-refractivity contribution is 0.935. The minimum Gasteiger partial charge on any atom is -0.370 e. The van der Waals surface area contributed by atoms with Gasteiger partial charge in [-0.25, -0.2) is 4.99 Å². The Morgan fingerprint density at radius 3 is 2.75 bits per heavy atom. The van der Waals surface area contributed by atoms with Gasteiger partial charge in [0, 0.05) is 5.69 Å². The number of aromatic amines is 1. The third-order valence-corrected chi connectivity index (χ3v) is 1.18. The Labute approximate surface area is 81.0 Å². The van der Waals surface area contributed by atoms with Gasteiger partial charge in [0.1, 0.15) is 0 Å². The number of aromatic nitrogens is 2. The van der Waals surface area contributed by atoms with Crippen LogP contribution >= 0.6 is 17.0 Å². The van der Waals surface area contributed by atoms with Gasteiger partial charge in [-0.15, -0.1) is 17.0 Å². The summed E-state index contributed by atoms with van der Waals surface area (Å²) in [4.78, 5) is 3.80. The van der Waals surface area contributed by atoms with Gasteiger partial charge in [-0.05, 0) is 13.0 Å². The zero-order valence-electron chi connectivity index (χ0n) is 6.74. The lowest BCUT2D eigenvalue weighted by Gasteiger charge is -1.88. The van der Waals surface area contributed by atoms with E-state index in [9.17, 15) is 0 Å². The number of nitrogens with one attached hydrogen (secondary N) is 1. The molecule has 0 saturated carbocycles. The van der Waals surface area contributed by atoms with Crippen molar-refractivity contribution in [1.29, 1.82) is 0 Å². The van der Waals surface area contributed by atoms with Gasteiger partial charge in [0.25, 0.3) is 0 Å². The molecule has 0 unspecified atom stereocenters. The largest absolute Gasteiger partial charge is 0.370 e. The van der Waals surface area contributed by atoms with Crippen LogP contribution in [0.1, 0.15) is 11.4 Å². The van der Waals surface area contributed by atoms with Crippen LogP contribution < -0.4 is 11.5 Å². The molecule has 12 heavy (non-hydrogen) atoms. The molecule has 0 aliphatic heterocycles. The minimum atomic E-state index is 0. The summed E-state index contributed by atoms with van der Waals surface area (Å²) in [6.07, 6.45) is 0. The highest BCUT2D eigenvalue weighted by molar-refractivity contribution is 8.93. The maximum Gasteiger partial charge on any atom is 0.186 e. The summed E-state index contributed by atoms with van der Waals surface area (Å²) in [5.74, 6) is 0.0886. The minimum absolute atomic E-state index is 0. The quantitative estimate of drug-likeness (QED) is 0.499. The lowest BCUT2D eigenvalue weighted by Crippen LogP contribution is -2.22. The van der Waals surface area contributed by atoms with E-state index in [1.165, 1.54) is 0 Å². The van der Waals surface area contributed by atoms with Crippen molar-refractivity contribution in [3.05, 3.63) is 17.5 Å². The monoisotopic (exact) mass is 233 g/mol. The molecule has 0 atom stereocenters. The van der Waals surface area contributed by atoms with Crippen LogP contribution in [0, 0.1) is 6.92 Å². The van der Waals surface area contributed by atoms with Crippen LogP contribution in [-0.2, 0) is 6.54 Å². The molecular weight excluding hydrogens is 222 g/mol. The average molecular weight is 234 g/mol. The van der Waals surface area contributed by atoms with Crippen LogP contribution in [0.5, 0.6) is 0 Å². The Morgan fingerprint density at radius 1 is 1.67 bits per heavy atom. The Morgan fingerprint density at radius 2 is 2.33 bits per heavy atom. The van der Waals surface area contributed by atoms with Crippen molar-refractivity contribution in [1.82, 2.24) is 10.2 Å². The Kier molecular flexibility index (Phi) is 4.35. The number of H-pyrrole nitrogens is 1. The molecular formula is C6H12BrN5. The molecule has 0 saturated heterocycles. The van der Waals surface area contributed by atoms with Crippen molar-refractivity contribution in [2.24, 2.45) is 16.5 Å². The molecule has 5 N–H and O–H groups in total. The third kappa shape index (κ3) is 3.38. The molecule has 6 heteroatoms. The van der Waals surface area contributed by atoms with Crippen LogP contribution in [0.2, 0.25) is 0 Å². The lowest BCUT2D eigenvalue weighted by atomic mass is 10.4. The van der Waals surface area contributed by atoms with Crippen LogP contribution in [0.4, 0.5) is 0 Å². The standard InChI is InChI=1S/C6H11N5.BrH/c1-4-2-5(11-10-4)3-9-6(7)8;/h2H,3H2,1H3,(H,10,11)(H4,7,8,9);1H. The van der Waals surface area contributed by atoms with Gasteiger partial charge in [-0.1, -0.05) is 0 Å². The maximum absolute atomic E-state index is 5.14. The van der Waals surface area contributed by atoms with Crippen LogP contribution in [0.25, 0.3) is 0 Å². The highest BCUT2D eigenvalue weighted by Crippen LogP contribution is 1.98. The second-order valence-corrected chi connectivity index (χ2v) is 2.28. The summed E-state index contributed by atoms with van der Waals surface area (Å²) >= 11 is 0. The fraction of sp³-hybridized carbons (Fsp3) is 0.333. The summed E-state index contributed by atoms with van der Waals surface area (Å²) in [5, 5.41) is 6.74. The van der Waals surface area contributed by atoms with E-state index in [-0.39, 0.29) is 22.9 Å². The normalized spacial score (nSPS) is 8.75. The molecule has 0 aliphatic carbocycles. The van der Waals surface area contributed by atoms with Crippen molar-refractivity contribution < 1.29 is 0 Å². The number of nitrogens with two attached hydrogens (primary N) is 2. The molecule has 1 aromatic rings. The summed E-state index contributed by atoms with van der Waals surface area (Å²) in [6, 6.07) is 1.90. The smallest absolute Gasteiger partial charge is 0.186 e. The first-order valence-corrected chi connectivity index (χ1v) is 3.25. The van der Waals surface area contributed by atoms with Crippen molar-refractivity contribution in [3.63, 3.8) is 0 Å². The number of guanidine groups is 1. The molecule has 0 bridgehead atoms. The Bertz CT molecular complexity index is 263. The van der Waals surface area contributed by atoms with Gasteiger partial charge >= 0.3 is 0 Å². The second kappa shape index (κ2) is 4.76. The first-order chi connectivity index (χ1) is 5.18. The van der Waals surface area contributed by atoms with E-state index in [1.54, 1.807) is 0 Å². The summed E-state index contributed by atoms with van der Waals surface area (Å²) < 4.78 is 0. The summed E-state index contributed by atoms with van der Waals surface area (Å²) in [6.45, 7) is 2.36. The van der Waals surface area contributed by atoms with Crippen LogP contribution in [0.3, 0.4) is 0 Å². The summed E-state index contributed by atoms with van der Waals surface area (Å²) in [7, 11) is 0. The number of rotatable bonds is 2. The van der Waals surface area contributed by atoms with E-state index in [0.717, 1.165) is 11.4 Å². The number of hydrogen-bond donors (Lipinski definition) is 3. The van der Waals surface area contributed by atoms with E-state index < -0.39 is 0 Å². The third-order valence-electron chi connectivity index (χ3n) is 1.18. The highest BCUT2D eigenvalue weighted by atomic mass is 79.9. The molecule has 0 amide bonds. The topological polar surface area (TPSA) is 93.1 Å². The van der Waals surface area contributed by atoms with Crippen molar-refractivity contribution in [2.45, 2.75) is 13.5 Å². The highest BCUT2D eigenvalue weighted by Gasteiger charge is 1.94. The maximum atomic E-state index is 5.14.